The molecule has 0 radical (unpaired) electrons. The SMILES string of the molecule is NC1=[C+]C=CC=C1C(=O)c1ccccc1. The summed E-state index contributed by atoms with van der Waals surface area (Å²) in [5.74, 6) is -0.0649. The zero-order chi connectivity index (χ0) is 10.7. The Labute approximate surface area is 88.4 Å². The molecule has 1 aromatic rings. The van der Waals surface area contributed by atoms with Gasteiger partial charge in [0.05, 0.1) is 12.2 Å². The zero-order valence-corrected chi connectivity index (χ0v) is 8.10. The van der Waals surface area contributed by atoms with E-state index in [4.69, 9.17) is 5.73 Å². The van der Waals surface area contributed by atoms with Crippen LogP contribution in [0.4, 0.5) is 0 Å². The number of allylic oxidation sites excluding steroid dienone is 5. The van der Waals surface area contributed by atoms with Gasteiger partial charge in [-0.3, -0.25) is 4.79 Å². The van der Waals surface area contributed by atoms with Gasteiger partial charge < -0.3 is 5.73 Å². The molecule has 1 aliphatic rings. The molecule has 0 aliphatic heterocycles. The predicted molar refractivity (Wildman–Crippen MR) is 58.9 cm³/mol. The molecular weight excluding hydrogens is 186 g/mol. The third-order valence-electron chi connectivity index (χ3n) is 2.17. The van der Waals surface area contributed by atoms with Crippen molar-refractivity contribution in [3.8, 4) is 0 Å². The summed E-state index contributed by atoms with van der Waals surface area (Å²) in [6, 6.07) is 9.08. The lowest BCUT2D eigenvalue weighted by Gasteiger charge is -2.00. The van der Waals surface area contributed by atoms with Gasteiger partial charge in [-0.15, -0.1) is 0 Å². The van der Waals surface area contributed by atoms with E-state index >= 15 is 0 Å². The van der Waals surface area contributed by atoms with E-state index in [0.717, 1.165) is 0 Å². The lowest BCUT2D eigenvalue weighted by atomic mass is 9.98. The van der Waals surface area contributed by atoms with Gasteiger partial charge in [0.1, 0.15) is 6.08 Å². The van der Waals surface area contributed by atoms with Crippen LogP contribution in [-0.4, -0.2) is 5.78 Å². The van der Waals surface area contributed by atoms with Gasteiger partial charge >= 0.3 is 0 Å². The average molecular weight is 196 g/mol. The molecule has 1 aromatic carbocycles. The van der Waals surface area contributed by atoms with Crippen molar-refractivity contribution in [1.82, 2.24) is 0 Å². The molecule has 1 aliphatic carbocycles. The molecule has 2 nitrogen and oxygen atoms in total. The van der Waals surface area contributed by atoms with E-state index in [2.05, 4.69) is 6.08 Å². The Balaban J connectivity index is 2.35. The minimum absolute atomic E-state index is 0.0649. The molecule has 2 N–H and O–H groups in total. The highest BCUT2D eigenvalue weighted by Gasteiger charge is 2.22. The second-order valence-electron chi connectivity index (χ2n) is 3.19. The van der Waals surface area contributed by atoms with E-state index in [1.54, 1.807) is 30.4 Å². The highest BCUT2D eigenvalue weighted by molar-refractivity contribution is 6.11. The number of benzene rings is 1. The fourth-order valence-electron chi connectivity index (χ4n) is 1.39. The van der Waals surface area contributed by atoms with Gasteiger partial charge in [-0.05, 0) is 12.1 Å². The summed E-state index contributed by atoms with van der Waals surface area (Å²) in [5.41, 5.74) is 7.22. The van der Waals surface area contributed by atoms with Gasteiger partial charge in [0.15, 0.2) is 5.57 Å². The van der Waals surface area contributed by atoms with Crippen molar-refractivity contribution in [2.75, 3.05) is 0 Å². The van der Waals surface area contributed by atoms with E-state index < -0.39 is 0 Å². The fourth-order valence-corrected chi connectivity index (χ4v) is 1.39. The quantitative estimate of drug-likeness (QED) is 0.580. The number of Topliss-reactive ketones (excluding diaryl/α,β-unsaturated/α-hetero) is 1. The van der Waals surface area contributed by atoms with Crippen LogP contribution in [0.15, 0.2) is 59.8 Å². The molecule has 0 saturated carbocycles. The number of carbonyl (C=O) groups is 1. The Morgan fingerprint density at radius 3 is 2.60 bits per heavy atom. The molecule has 0 atom stereocenters. The highest BCUT2D eigenvalue weighted by atomic mass is 16.1. The van der Waals surface area contributed by atoms with Crippen molar-refractivity contribution >= 4 is 5.78 Å². The number of rotatable bonds is 2. The van der Waals surface area contributed by atoms with Gasteiger partial charge in [-0.1, -0.05) is 18.2 Å². The lowest BCUT2D eigenvalue weighted by molar-refractivity contribution is 0.103. The third kappa shape index (κ3) is 1.85. The summed E-state index contributed by atoms with van der Waals surface area (Å²) < 4.78 is 0. The Kier molecular flexibility index (Phi) is 2.44. The maximum absolute atomic E-state index is 12.0. The smallest absolute Gasteiger partial charge is 0.250 e. The Morgan fingerprint density at radius 1 is 1.20 bits per heavy atom. The molecular formula is C13H10NO+. The van der Waals surface area contributed by atoms with Crippen LogP contribution < -0.4 is 5.73 Å². The van der Waals surface area contributed by atoms with Crippen molar-refractivity contribution < 1.29 is 4.79 Å². The maximum Gasteiger partial charge on any atom is 0.250 e. The minimum atomic E-state index is -0.0649. The summed E-state index contributed by atoms with van der Waals surface area (Å²) in [4.78, 5) is 12.0. The number of hydrogen-bond donors (Lipinski definition) is 1. The summed E-state index contributed by atoms with van der Waals surface area (Å²) in [6.07, 6.45) is 7.97. The van der Waals surface area contributed by atoms with Crippen LogP contribution in [0.3, 0.4) is 0 Å². The van der Waals surface area contributed by atoms with Gasteiger partial charge in [0.2, 0.25) is 5.70 Å². The third-order valence-corrected chi connectivity index (χ3v) is 2.17. The molecule has 15 heavy (non-hydrogen) atoms. The second kappa shape index (κ2) is 3.91. The van der Waals surface area contributed by atoms with Crippen LogP contribution in [0.5, 0.6) is 0 Å². The summed E-state index contributed by atoms with van der Waals surface area (Å²) in [5, 5.41) is 0. The minimum Gasteiger partial charge on any atom is -0.369 e. The van der Waals surface area contributed by atoms with E-state index in [1.807, 2.05) is 18.2 Å². The number of carbonyl (C=O) groups excluding carboxylic acids is 1. The topological polar surface area (TPSA) is 43.1 Å². The van der Waals surface area contributed by atoms with Crippen LogP contribution in [0.2, 0.25) is 0 Å². The Hall–Kier alpha value is -2.18. The average Bonchev–Trinajstić information content (AvgIpc) is 2.30. The lowest BCUT2D eigenvalue weighted by Crippen LogP contribution is -2.12. The van der Waals surface area contributed by atoms with Gasteiger partial charge in [0, 0.05) is 11.6 Å². The summed E-state index contributed by atoms with van der Waals surface area (Å²) in [7, 11) is 0. The molecule has 72 valence electrons. The normalized spacial score (nSPS) is 13.9. The first kappa shape index (κ1) is 9.38. The first-order valence-electron chi connectivity index (χ1n) is 4.65. The van der Waals surface area contributed by atoms with Crippen LogP contribution in [0.1, 0.15) is 10.4 Å². The molecule has 2 rings (SSSR count). The van der Waals surface area contributed by atoms with Gasteiger partial charge in [-0.25, -0.2) is 0 Å². The molecule has 0 saturated heterocycles. The van der Waals surface area contributed by atoms with Crippen LogP contribution in [0.25, 0.3) is 0 Å². The molecule has 0 spiro atoms. The largest absolute Gasteiger partial charge is 0.369 e. The molecule has 2 heteroatoms. The Morgan fingerprint density at radius 2 is 1.93 bits per heavy atom. The van der Waals surface area contributed by atoms with Crippen molar-refractivity contribution in [1.29, 1.82) is 0 Å². The summed E-state index contributed by atoms with van der Waals surface area (Å²) >= 11 is 0. The van der Waals surface area contributed by atoms with E-state index in [1.165, 1.54) is 0 Å². The predicted octanol–water partition coefficient (Wildman–Crippen LogP) is 2.01. The number of ketones is 1. The monoisotopic (exact) mass is 196 g/mol. The molecule has 0 bridgehead atoms. The number of nitrogens with two attached hydrogens (primary N) is 1. The number of hydrogen-bond acceptors (Lipinski definition) is 2. The first-order valence-corrected chi connectivity index (χ1v) is 4.65. The second-order valence-corrected chi connectivity index (χ2v) is 3.19. The zero-order valence-electron chi connectivity index (χ0n) is 8.10. The van der Waals surface area contributed by atoms with E-state index in [0.29, 0.717) is 16.8 Å². The molecule has 0 unspecified atom stereocenters. The van der Waals surface area contributed by atoms with Crippen LogP contribution in [-0.2, 0) is 0 Å². The maximum atomic E-state index is 12.0. The molecule has 0 fully saturated rings. The van der Waals surface area contributed by atoms with Crippen molar-refractivity contribution in [3.05, 3.63) is 71.5 Å². The van der Waals surface area contributed by atoms with Crippen molar-refractivity contribution in [3.63, 3.8) is 0 Å². The van der Waals surface area contributed by atoms with Crippen LogP contribution in [0, 0.1) is 6.08 Å². The molecule has 0 heterocycles. The van der Waals surface area contributed by atoms with E-state index in [-0.39, 0.29) is 5.78 Å². The Bertz CT molecular complexity index is 467. The van der Waals surface area contributed by atoms with Crippen molar-refractivity contribution in [2.45, 2.75) is 0 Å². The summed E-state index contributed by atoms with van der Waals surface area (Å²) in [6.45, 7) is 0. The standard InChI is InChI=1S/C13H9NO/c14-12-9-5-4-8-11(12)13(15)10-6-2-1-3-7-10/h1-8H,(H-,14,15)/p+1. The molecule has 0 aromatic heterocycles. The van der Waals surface area contributed by atoms with Crippen molar-refractivity contribution in [2.24, 2.45) is 5.73 Å². The molecule has 0 amide bonds. The first-order chi connectivity index (χ1) is 7.29. The van der Waals surface area contributed by atoms with Gasteiger partial charge in [-0.2, -0.15) is 0 Å². The van der Waals surface area contributed by atoms with Crippen LogP contribution >= 0.6 is 0 Å². The van der Waals surface area contributed by atoms with E-state index in [9.17, 15) is 4.79 Å². The highest BCUT2D eigenvalue weighted by Crippen LogP contribution is 2.15. The van der Waals surface area contributed by atoms with Gasteiger partial charge in [0.25, 0.3) is 5.78 Å². The fraction of sp³-hybridized carbons (Fsp3) is 0.